The van der Waals surface area contributed by atoms with Gasteiger partial charge in [0, 0.05) is 18.7 Å². The van der Waals surface area contributed by atoms with Crippen molar-refractivity contribution in [3.63, 3.8) is 0 Å². The van der Waals surface area contributed by atoms with Crippen molar-refractivity contribution < 1.29 is 13.9 Å². The van der Waals surface area contributed by atoms with Crippen LogP contribution in [0.4, 0.5) is 4.39 Å². The van der Waals surface area contributed by atoms with E-state index in [1.807, 2.05) is 13.8 Å². The summed E-state index contributed by atoms with van der Waals surface area (Å²) in [5, 5.41) is 2.62. The third-order valence-electron chi connectivity index (χ3n) is 2.53. The molecule has 0 saturated carbocycles. The number of nitrogens with two attached hydrogens (primary N) is 1. The van der Waals surface area contributed by atoms with E-state index >= 15 is 0 Å². The summed E-state index contributed by atoms with van der Waals surface area (Å²) in [7, 11) is 0. The van der Waals surface area contributed by atoms with Gasteiger partial charge in [-0.25, -0.2) is 4.39 Å². The molecule has 0 aliphatic carbocycles. The maximum absolute atomic E-state index is 13.7. The summed E-state index contributed by atoms with van der Waals surface area (Å²) in [6.07, 6.45) is 0. The fourth-order valence-corrected chi connectivity index (χ4v) is 1.58. The van der Waals surface area contributed by atoms with Crippen molar-refractivity contribution in [2.75, 3.05) is 26.3 Å². The molecule has 21 heavy (non-hydrogen) atoms. The van der Waals surface area contributed by atoms with Gasteiger partial charge in [0.1, 0.15) is 5.82 Å². The van der Waals surface area contributed by atoms with E-state index in [2.05, 4.69) is 17.2 Å². The molecule has 0 bridgehead atoms. The topological polar surface area (TPSA) is 64.3 Å². The lowest BCUT2D eigenvalue weighted by Gasteiger charge is -2.09. The average molecular weight is 292 g/mol. The molecule has 0 aliphatic rings. The molecule has 114 valence electrons. The van der Waals surface area contributed by atoms with Gasteiger partial charge in [-0.1, -0.05) is 25.7 Å². The number of carbonyl (C=O) groups excluding carboxylic acids is 1. The molecule has 0 radical (unpaired) electrons. The van der Waals surface area contributed by atoms with Crippen LogP contribution in [0.1, 0.15) is 29.8 Å². The zero-order valence-electron chi connectivity index (χ0n) is 12.4. The van der Waals surface area contributed by atoms with Crippen molar-refractivity contribution in [1.29, 1.82) is 0 Å². The van der Waals surface area contributed by atoms with Crippen LogP contribution in [-0.2, 0) is 4.74 Å². The number of hydrogen-bond acceptors (Lipinski definition) is 3. The van der Waals surface area contributed by atoms with E-state index < -0.39 is 11.7 Å². The summed E-state index contributed by atoms with van der Waals surface area (Å²) in [5.74, 6) is 4.82. The number of rotatable bonds is 6. The van der Waals surface area contributed by atoms with E-state index in [1.54, 1.807) is 0 Å². The Morgan fingerprint density at radius 2 is 2.24 bits per heavy atom. The second-order valence-corrected chi connectivity index (χ2v) is 4.93. The second kappa shape index (κ2) is 9.11. The van der Waals surface area contributed by atoms with Crippen molar-refractivity contribution in [2.45, 2.75) is 13.8 Å². The van der Waals surface area contributed by atoms with E-state index in [0.717, 1.165) is 0 Å². The fourth-order valence-electron chi connectivity index (χ4n) is 1.58. The highest BCUT2D eigenvalue weighted by molar-refractivity contribution is 5.94. The Balaban J connectivity index is 2.57. The molecule has 1 amide bonds. The van der Waals surface area contributed by atoms with Crippen molar-refractivity contribution in [3.05, 3.63) is 35.1 Å². The van der Waals surface area contributed by atoms with Crippen molar-refractivity contribution in [1.82, 2.24) is 5.32 Å². The lowest BCUT2D eigenvalue weighted by Crippen LogP contribution is -2.28. The van der Waals surface area contributed by atoms with Crippen molar-refractivity contribution in [3.8, 4) is 11.8 Å². The van der Waals surface area contributed by atoms with Crippen LogP contribution in [0.25, 0.3) is 0 Å². The molecular weight excluding hydrogens is 271 g/mol. The van der Waals surface area contributed by atoms with E-state index in [9.17, 15) is 9.18 Å². The van der Waals surface area contributed by atoms with Crippen LogP contribution in [-0.4, -0.2) is 32.2 Å². The summed E-state index contributed by atoms with van der Waals surface area (Å²) < 4.78 is 19.0. The van der Waals surface area contributed by atoms with Gasteiger partial charge in [-0.3, -0.25) is 4.79 Å². The Morgan fingerprint density at radius 1 is 1.48 bits per heavy atom. The van der Waals surface area contributed by atoms with Gasteiger partial charge in [0.05, 0.1) is 18.7 Å². The van der Waals surface area contributed by atoms with Crippen LogP contribution in [0.3, 0.4) is 0 Å². The molecule has 0 unspecified atom stereocenters. The molecule has 0 fully saturated rings. The van der Waals surface area contributed by atoms with E-state index in [1.165, 1.54) is 18.2 Å². The third kappa shape index (κ3) is 6.39. The first-order valence-electron chi connectivity index (χ1n) is 6.89. The highest BCUT2D eigenvalue weighted by atomic mass is 19.1. The standard InChI is InChI=1S/C16H21FN2O2/c1-12(2)11-21-9-8-19-16(20)14-10-13(4-3-7-18)5-6-15(14)17/h5-6,10,12H,7-9,11,18H2,1-2H3,(H,19,20). The number of hydrogen-bond donors (Lipinski definition) is 2. The Hall–Kier alpha value is -1.90. The van der Waals surface area contributed by atoms with Gasteiger partial charge in [0.15, 0.2) is 0 Å². The highest BCUT2D eigenvalue weighted by Crippen LogP contribution is 2.10. The molecule has 0 atom stereocenters. The lowest BCUT2D eigenvalue weighted by molar-refractivity contribution is 0.0883. The number of nitrogens with one attached hydrogen (secondary N) is 1. The lowest BCUT2D eigenvalue weighted by atomic mass is 10.1. The average Bonchev–Trinajstić information content (AvgIpc) is 2.45. The quantitative estimate of drug-likeness (QED) is 0.617. The molecule has 3 N–H and O–H groups in total. The smallest absolute Gasteiger partial charge is 0.254 e. The van der Waals surface area contributed by atoms with E-state index in [0.29, 0.717) is 31.2 Å². The highest BCUT2D eigenvalue weighted by Gasteiger charge is 2.11. The SMILES string of the molecule is CC(C)COCCNC(=O)c1cc(C#CCN)ccc1F. The molecule has 1 aromatic rings. The minimum Gasteiger partial charge on any atom is -0.379 e. The zero-order chi connectivity index (χ0) is 15.7. The van der Waals surface area contributed by atoms with Gasteiger partial charge in [-0.15, -0.1) is 0 Å². The van der Waals surface area contributed by atoms with Gasteiger partial charge in [0.25, 0.3) is 5.91 Å². The van der Waals surface area contributed by atoms with Crippen LogP contribution < -0.4 is 11.1 Å². The Bertz CT molecular complexity index is 533. The number of halogens is 1. The summed E-state index contributed by atoms with van der Waals surface area (Å²) >= 11 is 0. The zero-order valence-corrected chi connectivity index (χ0v) is 12.4. The van der Waals surface area contributed by atoms with Crippen LogP contribution in [0.2, 0.25) is 0 Å². The second-order valence-electron chi connectivity index (χ2n) is 4.93. The van der Waals surface area contributed by atoms with Gasteiger partial charge < -0.3 is 15.8 Å². The number of carbonyl (C=O) groups is 1. The minimum atomic E-state index is -0.575. The van der Waals surface area contributed by atoms with Crippen LogP contribution in [0.15, 0.2) is 18.2 Å². The Morgan fingerprint density at radius 3 is 2.90 bits per heavy atom. The van der Waals surface area contributed by atoms with Gasteiger partial charge in [-0.05, 0) is 24.1 Å². The Kier molecular flexibility index (Phi) is 7.44. The molecule has 0 heterocycles. The largest absolute Gasteiger partial charge is 0.379 e. The fraction of sp³-hybridized carbons (Fsp3) is 0.438. The Labute approximate surface area is 124 Å². The molecule has 0 saturated heterocycles. The van der Waals surface area contributed by atoms with Crippen LogP contribution in [0, 0.1) is 23.6 Å². The first-order valence-corrected chi connectivity index (χ1v) is 6.89. The van der Waals surface area contributed by atoms with Crippen molar-refractivity contribution in [2.24, 2.45) is 11.7 Å². The molecule has 0 aliphatic heterocycles. The maximum Gasteiger partial charge on any atom is 0.254 e. The molecule has 1 rings (SSSR count). The minimum absolute atomic E-state index is 0.0253. The normalized spacial score (nSPS) is 10.1. The molecule has 0 aromatic heterocycles. The summed E-state index contributed by atoms with van der Waals surface area (Å²) in [5.41, 5.74) is 5.81. The number of benzene rings is 1. The van der Waals surface area contributed by atoms with Crippen LogP contribution >= 0.6 is 0 Å². The number of amides is 1. The first kappa shape index (κ1) is 17.2. The first-order chi connectivity index (χ1) is 10.0. The van der Waals surface area contributed by atoms with Gasteiger partial charge in [-0.2, -0.15) is 0 Å². The van der Waals surface area contributed by atoms with E-state index in [4.69, 9.17) is 10.5 Å². The number of ether oxygens (including phenoxy) is 1. The van der Waals surface area contributed by atoms with Gasteiger partial charge >= 0.3 is 0 Å². The van der Waals surface area contributed by atoms with E-state index in [-0.39, 0.29) is 12.1 Å². The molecule has 1 aromatic carbocycles. The molecule has 4 nitrogen and oxygen atoms in total. The summed E-state index contributed by atoms with van der Waals surface area (Å²) in [4.78, 5) is 11.9. The monoisotopic (exact) mass is 292 g/mol. The molecule has 5 heteroatoms. The van der Waals surface area contributed by atoms with Crippen molar-refractivity contribution >= 4 is 5.91 Å². The summed E-state index contributed by atoms with van der Waals surface area (Å²) in [6, 6.07) is 4.16. The maximum atomic E-state index is 13.7. The predicted octanol–water partition coefficient (Wildman–Crippen LogP) is 1.54. The van der Waals surface area contributed by atoms with Gasteiger partial charge in [0.2, 0.25) is 0 Å². The van der Waals surface area contributed by atoms with Crippen LogP contribution in [0.5, 0.6) is 0 Å². The predicted molar refractivity (Wildman–Crippen MR) is 80.3 cm³/mol. The molecule has 0 spiro atoms. The molecular formula is C16H21FN2O2. The third-order valence-corrected chi connectivity index (χ3v) is 2.53. The summed E-state index contributed by atoms with van der Waals surface area (Å²) in [6.45, 7) is 5.67.